The second-order valence-corrected chi connectivity index (χ2v) is 5.78. The Bertz CT molecular complexity index is 157. The Hall–Kier alpha value is -0.0400. The Morgan fingerprint density at radius 2 is 1.50 bits per heavy atom. The van der Waals surface area contributed by atoms with Gasteiger partial charge in [0, 0.05) is 0 Å². The molecule has 1 aliphatic carbocycles. The largest absolute Gasteiger partial charge is 0.330 e. The van der Waals surface area contributed by atoms with Crippen LogP contribution in [0.5, 0.6) is 0 Å². The first kappa shape index (κ1) is 14.0. The van der Waals surface area contributed by atoms with Gasteiger partial charge in [0.2, 0.25) is 0 Å². The number of rotatable bonds is 6. The fourth-order valence-corrected chi connectivity index (χ4v) is 3.14. The van der Waals surface area contributed by atoms with E-state index in [1.54, 1.807) is 0 Å². The van der Waals surface area contributed by atoms with Crippen LogP contribution in [0.2, 0.25) is 0 Å². The SMILES string of the molecule is CCCCCCC1(CN)CCCCCCC1. The highest BCUT2D eigenvalue weighted by atomic mass is 14.6. The molecule has 1 nitrogen and oxygen atoms in total. The van der Waals surface area contributed by atoms with Gasteiger partial charge in [0.15, 0.2) is 0 Å². The molecule has 1 saturated carbocycles. The molecule has 1 aliphatic rings. The Morgan fingerprint density at radius 3 is 2.06 bits per heavy atom. The van der Waals surface area contributed by atoms with Crippen LogP contribution < -0.4 is 5.73 Å². The Morgan fingerprint density at radius 1 is 0.875 bits per heavy atom. The van der Waals surface area contributed by atoms with E-state index in [0.717, 1.165) is 6.54 Å². The van der Waals surface area contributed by atoms with Gasteiger partial charge >= 0.3 is 0 Å². The second-order valence-electron chi connectivity index (χ2n) is 5.78. The molecule has 0 radical (unpaired) electrons. The summed E-state index contributed by atoms with van der Waals surface area (Å²) in [5.41, 5.74) is 6.60. The molecule has 0 amide bonds. The summed E-state index contributed by atoms with van der Waals surface area (Å²) in [5, 5.41) is 0. The topological polar surface area (TPSA) is 26.0 Å². The molecule has 0 aromatic rings. The lowest BCUT2D eigenvalue weighted by molar-refractivity contribution is 0.194. The summed E-state index contributed by atoms with van der Waals surface area (Å²) < 4.78 is 0. The van der Waals surface area contributed by atoms with E-state index in [1.807, 2.05) is 0 Å². The molecule has 0 aromatic carbocycles. The molecule has 96 valence electrons. The highest BCUT2D eigenvalue weighted by Crippen LogP contribution is 2.37. The van der Waals surface area contributed by atoms with E-state index >= 15 is 0 Å². The third-order valence-corrected chi connectivity index (χ3v) is 4.41. The highest BCUT2D eigenvalue weighted by Gasteiger charge is 2.27. The molecule has 0 bridgehead atoms. The molecular weight excluding hydrogens is 194 g/mol. The van der Waals surface area contributed by atoms with Crippen molar-refractivity contribution in [3.05, 3.63) is 0 Å². The summed E-state index contributed by atoms with van der Waals surface area (Å²) in [6.07, 6.45) is 16.9. The average molecular weight is 225 g/mol. The van der Waals surface area contributed by atoms with Crippen molar-refractivity contribution in [2.45, 2.75) is 84.0 Å². The zero-order chi connectivity index (χ0) is 11.7. The number of unbranched alkanes of at least 4 members (excludes halogenated alkanes) is 3. The number of hydrogen-bond acceptors (Lipinski definition) is 1. The minimum atomic E-state index is 0.522. The van der Waals surface area contributed by atoms with Gasteiger partial charge in [0.25, 0.3) is 0 Å². The van der Waals surface area contributed by atoms with E-state index < -0.39 is 0 Å². The lowest BCUT2D eigenvalue weighted by Crippen LogP contribution is -2.31. The van der Waals surface area contributed by atoms with Crippen molar-refractivity contribution in [1.29, 1.82) is 0 Å². The van der Waals surface area contributed by atoms with Gasteiger partial charge in [-0.3, -0.25) is 0 Å². The van der Waals surface area contributed by atoms with E-state index in [9.17, 15) is 0 Å². The van der Waals surface area contributed by atoms with Crippen LogP contribution in [-0.4, -0.2) is 6.54 Å². The van der Waals surface area contributed by atoms with Crippen LogP contribution in [0.1, 0.15) is 84.0 Å². The van der Waals surface area contributed by atoms with Gasteiger partial charge in [0.1, 0.15) is 0 Å². The van der Waals surface area contributed by atoms with Crippen molar-refractivity contribution < 1.29 is 0 Å². The molecule has 0 heterocycles. The van der Waals surface area contributed by atoms with Crippen molar-refractivity contribution >= 4 is 0 Å². The van der Waals surface area contributed by atoms with Crippen LogP contribution in [0.3, 0.4) is 0 Å². The Labute approximate surface area is 102 Å². The standard InChI is InChI=1S/C15H31N/c1-2-3-4-8-11-15(14-16)12-9-6-5-7-10-13-15/h2-14,16H2,1H3. The molecule has 0 aromatic heterocycles. The molecule has 0 spiro atoms. The third-order valence-electron chi connectivity index (χ3n) is 4.41. The van der Waals surface area contributed by atoms with E-state index in [1.165, 1.54) is 77.0 Å². The smallest absolute Gasteiger partial charge is 0.00205 e. The summed E-state index contributed by atoms with van der Waals surface area (Å²) in [6.45, 7) is 3.22. The maximum atomic E-state index is 6.07. The first-order valence-electron chi connectivity index (χ1n) is 7.53. The molecule has 0 unspecified atom stereocenters. The van der Waals surface area contributed by atoms with Gasteiger partial charge in [-0.2, -0.15) is 0 Å². The Kier molecular flexibility index (Phi) is 7.11. The van der Waals surface area contributed by atoms with E-state index in [0.29, 0.717) is 5.41 Å². The van der Waals surface area contributed by atoms with Crippen LogP contribution in [0.15, 0.2) is 0 Å². The minimum absolute atomic E-state index is 0.522. The van der Waals surface area contributed by atoms with Crippen molar-refractivity contribution in [2.24, 2.45) is 11.1 Å². The van der Waals surface area contributed by atoms with Gasteiger partial charge in [-0.05, 0) is 31.2 Å². The van der Waals surface area contributed by atoms with Crippen molar-refractivity contribution in [3.63, 3.8) is 0 Å². The molecule has 0 atom stereocenters. The second kappa shape index (κ2) is 8.11. The normalized spacial score (nSPS) is 21.4. The van der Waals surface area contributed by atoms with E-state index in [2.05, 4.69) is 6.92 Å². The van der Waals surface area contributed by atoms with Crippen LogP contribution in [0, 0.1) is 5.41 Å². The first-order chi connectivity index (χ1) is 7.83. The quantitative estimate of drug-likeness (QED) is 0.654. The van der Waals surface area contributed by atoms with Crippen LogP contribution >= 0.6 is 0 Å². The van der Waals surface area contributed by atoms with Gasteiger partial charge < -0.3 is 5.73 Å². The van der Waals surface area contributed by atoms with Crippen molar-refractivity contribution in [2.75, 3.05) is 6.54 Å². The summed E-state index contributed by atoms with van der Waals surface area (Å²) >= 11 is 0. The zero-order valence-electron chi connectivity index (χ0n) is 11.3. The molecule has 0 saturated heterocycles. The molecule has 1 rings (SSSR count). The predicted octanol–water partition coefficient (Wildman–Crippen LogP) is 4.65. The Balaban J connectivity index is 2.33. The molecule has 1 heteroatoms. The summed E-state index contributed by atoms with van der Waals surface area (Å²) in [6, 6.07) is 0. The lowest BCUT2D eigenvalue weighted by atomic mass is 9.73. The molecule has 1 fully saturated rings. The van der Waals surface area contributed by atoms with Gasteiger partial charge in [-0.15, -0.1) is 0 Å². The monoisotopic (exact) mass is 225 g/mol. The molecular formula is C15H31N. The average Bonchev–Trinajstić information content (AvgIpc) is 2.27. The molecule has 16 heavy (non-hydrogen) atoms. The lowest BCUT2D eigenvalue weighted by Gasteiger charge is -2.34. The number of hydrogen-bond donors (Lipinski definition) is 1. The van der Waals surface area contributed by atoms with Crippen molar-refractivity contribution in [3.8, 4) is 0 Å². The van der Waals surface area contributed by atoms with Crippen LogP contribution in [-0.2, 0) is 0 Å². The highest BCUT2D eigenvalue weighted by molar-refractivity contribution is 4.81. The number of nitrogens with two attached hydrogens (primary N) is 1. The maximum Gasteiger partial charge on any atom is -0.00205 e. The fourth-order valence-electron chi connectivity index (χ4n) is 3.14. The minimum Gasteiger partial charge on any atom is -0.330 e. The van der Waals surface area contributed by atoms with Gasteiger partial charge in [-0.1, -0.05) is 64.7 Å². The predicted molar refractivity (Wildman–Crippen MR) is 72.6 cm³/mol. The van der Waals surface area contributed by atoms with E-state index in [4.69, 9.17) is 5.73 Å². The zero-order valence-corrected chi connectivity index (χ0v) is 11.3. The van der Waals surface area contributed by atoms with Gasteiger partial charge in [0.05, 0.1) is 0 Å². The molecule has 2 N–H and O–H groups in total. The summed E-state index contributed by atoms with van der Waals surface area (Å²) in [4.78, 5) is 0. The van der Waals surface area contributed by atoms with Crippen molar-refractivity contribution in [1.82, 2.24) is 0 Å². The molecule has 0 aliphatic heterocycles. The van der Waals surface area contributed by atoms with Gasteiger partial charge in [-0.25, -0.2) is 0 Å². The third kappa shape index (κ3) is 4.86. The maximum absolute atomic E-state index is 6.07. The van der Waals surface area contributed by atoms with Crippen LogP contribution in [0.25, 0.3) is 0 Å². The fraction of sp³-hybridized carbons (Fsp3) is 1.00. The van der Waals surface area contributed by atoms with Crippen LogP contribution in [0.4, 0.5) is 0 Å². The first-order valence-corrected chi connectivity index (χ1v) is 7.53. The van der Waals surface area contributed by atoms with E-state index in [-0.39, 0.29) is 0 Å². The summed E-state index contributed by atoms with van der Waals surface area (Å²) in [5.74, 6) is 0. The summed E-state index contributed by atoms with van der Waals surface area (Å²) in [7, 11) is 0.